The lowest BCUT2D eigenvalue weighted by Crippen LogP contribution is -2.42. The largest absolute Gasteiger partial charge is 0.464 e. The van der Waals surface area contributed by atoms with Crippen molar-refractivity contribution in [2.75, 3.05) is 6.61 Å². The maximum atomic E-state index is 11.3. The van der Waals surface area contributed by atoms with E-state index in [0.717, 1.165) is 4.90 Å². The van der Waals surface area contributed by atoms with Crippen molar-refractivity contribution >= 4 is 17.8 Å². The summed E-state index contributed by atoms with van der Waals surface area (Å²) in [6, 6.07) is -0.708. The first kappa shape index (κ1) is 10.7. The molecule has 0 aliphatic carbocycles. The summed E-state index contributed by atoms with van der Waals surface area (Å²) in [5, 5.41) is 0. The van der Waals surface area contributed by atoms with Crippen molar-refractivity contribution in [1.29, 1.82) is 0 Å². The van der Waals surface area contributed by atoms with Gasteiger partial charge in [-0.3, -0.25) is 14.5 Å². The molecule has 1 fully saturated rings. The molecule has 0 unspecified atom stereocenters. The van der Waals surface area contributed by atoms with E-state index in [1.165, 1.54) is 6.92 Å². The average Bonchev–Trinajstić information content (AvgIpc) is 2.47. The molecule has 1 heterocycles. The summed E-state index contributed by atoms with van der Waals surface area (Å²) in [6.07, 6.45) is 0.611. The van der Waals surface area contributed by atoms with Crippen LogP contribution in [0.15, 0.2) is 0 Å². The zero-order valence-electron chi connectivity index (χ0n) is 8.28. The molecule has 1 aliphatic heterocycles. The number of hydrogen-bond donors (Lipinski definition) is 0. The summed E-state index contributed by atoms with van der Waals surface area (Å²) in [7, 11) is 0. The Hall–Kier alpha value is -1.39. The molecular weight excluding hydrogens is 186 g/mol. The smallest absolute Gasteiger partial charge is 0.329 e. The van der Waals surface area contributed by atoms with Crippen molar-refractivity contribution in [3.05, 3.63) is 0 Å². The van der Waals surface area contributed by atoms with Gasteiger partial charge in [0.05, 0.1) is 6.61 Å². The normalized spacial score (nSPS) is 21.1. The Bertz CT molecular complexity index is 274. The van der Waals surface area contributed by atoms with Gasteiger partial charge in [-0.1, -0.05) is 0 Å². The van der Waals surface area contributed by atoms with Crippen molar-refractivity contribution in [2.45, 2.75) is 32.7 Å². The van der Waals surface area contributed by atoms with Gasteiger partial charge in [0.15, 0.2) is 0 Å². The molecule has 2 amide bonds. The van der Waals surface area contributed by atoms with Crippen LogP contribution >= 0.6 is 0 Å². The molecule has 1 aliphatic rings. The number of carbonyl (C=O) groups excluding carboxylic acids is 3. The van der Waals surface area contributed by atoms with E-state index in [1.807, 2.05) is 0 Å². The van der Waals surface area contributed by atoms with E-state index >= 15 is 0 Å². The molecule has 78 valence electrons. The van der Waals surface area contributed by atoms with Crippen LogP contribution in [0, 0.1) is 0 Å². The molecule has 0 aromatic rings. The lowest BCUT2D eigenvalue weighted by molar-refractivity contribution is -0.156. The summed E-state index contributed by atoms with van der Waals surface area (Å²) in [6.45, 7) is 3.22. The maximum Gasteiger partial charge on any atom is 0.329 e. The quantitative estimate of drug-likeness (QED) is 0.591. The first-order valence-electron chi connectivity index (χ1n) is 4.57. The second-order valence-corrected chi connectivity index (χ2v) is 3.09. The van der Waals surface area contributed by atoms with Crippen molar-refractivity contribution in [3.63, 3.8) is 0 Å². The number of carbonyl (C=O) groups is 3. The van der Waals surface area contributed by atoms with Gasteiger partial charge >= 0.3 is 5.97 Å². The molecule has 5 heteroatoms. The molecule has 5 nitrogen and oxygen atoms in total. The van der Waals surface area contributed by atoms with Gasteiger partial charge < -0.3 is 4.74 Å². The van der Waals surface area contributed by atoms with E-state index in [2.05, 4.69) is 0 Å². The third kappa shape index (κ3) is 1.92. The van der Waals surface area contributed by atoms with Gasteiger partial charge in [0.1, 0.15) is 6.04 Å². The van der Waals surface area contributed by atoms with Crippen molar-refractivity contribution in [3.8, 4) is 0 Å². The highest BCUT2D eigenvalue weighted by Crippen LogP contribution is 2.19. The Morgan fingerprint density at radius 3 is 2.71 bits per heavy atom. The highest BCUT2D eigenvalue weighted by atomic mass is 16.5. The van der Waals surface area contributed by atoms with Crippen LogP contribution in [0.4, 0.5) is 0 Å². The minimum Gasteiger partial charge on any atom is -0.464 e. The fourth-order valence-corrected chi connectivity index (χ4v) is 1.54. The second-order valence-electron chi connectivity index (χ2n) is 3.09. The Balaban J connectivity index is 2.74. The van der Waals surface area contributed by atoms with Crippen molar-refractivity contribution in [2.24, 2.45) is 0 Å². The lowest BCUT2D eigenvalue weighted by Gasteiger charge is -2.19. The predicted octanol–water partition coefficient (Wildman–Crippen LogP) is 0.0870. The van der Waals surface area contributed by atoms with Crippen LogP contribution in [0.25, 0.3) is 0 Å². The summed E-state index contributed by atoms with van der Waals surface area (Å²) < 4.78 is 4.77. The SMILES string of the molecule is CCOC(=O)[C@@H]1CCC(=O)N1C(C)=O. The number of nitrogens with zero attached hydrogens (tertiary/aromatic N) is 1. The zero-order valence-corrected chi connectivity index (χ0v) is 8.28. The Morgan fingerprint density at radius 2 is 2.21 bits per heavy atom. The van der Waals surface area contributed by atoms with E-state index in [0.29, 0.717) is 6.42 Å². The number of imide groups is 1. The minimum absolute atomic E-state index is 0.239. The second kappa shape index (κ2) is 4.21. The van der Waals surface area contributed by atoms with E-state index in [1.54, 1.807) is 6.92 Å². The molecule has 0 bridgehead atoms. The molecule has 0 N–H and O–H groups in total. The molecule has 0 radical (unpaired) electrons. The fourth-order valence-electron chi connectivity index (χ4n) is 1.54. The van der Waals surface area contributed by atoms with Crippen LogP contribution < -0.4 is 0 Å². The fraction of sp³-hybridized carbons (Fsp3) is 0.667. The van der Waals surface area contributed by atoms with Crippen LogP contribution in [0.1, 0.15) is 26.7 Å². The van der Waals surface area contributed by atoms with Gasteiger partial charge in [-0.25, -0.2) is 4.79 Å². The van der Waals surface area contributed by atoms with Gasteiger partial charge in [-0.15, -0.1) is 0 Å². The molecule has 1 atom stereocenters. The molecule has 0 spiro atoms. The number of rotatable bonds is 2. The van der Waals surface area contributed by atoms with Gasteiger partial charge in [-0.05, 0) is 13.3 Å². The molecule has 1 rings (SSSR count). The number of likely N-dealkylation sites (tertiary alicyclic amines) is 1. The lowest BCUT2D eigenvalue weighted by atomic mass is 10.2. The molecule has 1 saturated heterocycles. The Kier molecular flexibility index (Phi) is 3.22. The topological polar surface area (TPSA) is 63.7 Å². The van der Waals surface area contributed by atoms with Crippen LogP contribution in [0.5, 0.6) is 0 Å². The molecule has 0 aromatic heterocycles. The standard InChI is InChI=1S/C9H13NO4/c1-3-14-9(13)7-4-5-8(12)10(7)6(2)11/h7H,3-5H2,1-2H3/t7-/m0/s1. The highest BCUT2D eigenvalue weighted by Gasteiger charge is 2.39. The number of esters is 1. The van der Waals surface area contributed by atoms with Crippen molar-refractivity contribution < 1.29 is 19.1 Å². The van der Waals surface area contributed by atoms with Crippen LogP contribution in [-0.2, 0) is 19.1 Å². The minimum atomic E-state index is -0.708. The van der Waals surface area contributed by atoms with Gasteiger partial charge in [-0.2, -0.15) is 0 Å². The van der Waals surface area contributed by atoms with Gasteiger partial charge in [0.2, 0.25) is 11.8 Å². The van der Waals surface area contributed by atoms with E-state index in [-0.39, 0.29) is 18.9 Å². The molecule has 14 heavy (non-hydrogen) atoms. The zero-order chi connectivity index (χ0) is 10.7. The summed E-state index contributed by atoms with van der Waals surface area (Å²) in [4.78, 5) is 34.6. The molecule has 0 saturated carbocycles. The van der Waals surface area contributed by atoms with Crippen molar-refractivity contribution in [1.82, 2.24) is 4.90 Å². The Labute approximate surface area is 82.0 Å². The van der Waals surface area contributed by atoms with Gasteiger partial charge in [0.25, 0.3) is 0 Å². The third-order valence-corrected chi connectivity index (χ3v) is 2.11. The number of amides is 2. The third-order valence-electron chi connectivity index (χ3n) is 2.11. The van der Waals surface area contributed by atoms with Crippen LogP contribution in [0.3, 0.4) is 0 Å². The molecule has 0 aromatic carbocycles. The average molecular weight is 199 g/mol. The number of hydrogen-bond acceptors (Lipinski definition) is 4. The first-order chi connectivity index (χ1) is 6.57. The highest BCUT2D eigenvalue weighted by molar-refractivity contribution is 6.00. The van der Waals surface area contributed by atoms with E-state index in [9.17, 15) is 14.4 Å². The summed E-state index contributed by atoms with van der Waals surface area (Å²) in [5.74, 6) is -1.19. The van der Waals surface area contributed by atoms with E-state index in [4.69, 9.17) is 4.74 Å². The van der Waals surface area contributed by atoms with E-state index < -0.39 is 17.9 Å². The first-order valence-corrected chi connectivity index (χ1v) is 4.57. The van der Waals surface area contributed by atoms with Crippen LogP contribution in [-0.4, -0.2) is 35.3 Å². The van der Waals surface area contributed by atoms with Gasteiger partial charge in [0, 0.05) is 13.3 Å². The summed E-state index contributed by atoms with van der Waals surface area (Å²) >= 11 is 0. The monoisotopic (exact) mass is 199 g/mol. The predicted molar refractivity (Wildman–Crippen MR) is 47.2 cm³/mol. The summed E-state index contributed by atoms with van der Waals surface area (Å²) in [5.41, 5.74) is 0. The maximum absolute atomic E-state index is 11.3. The van der Waals surface area contributed by atoms with Crippen LogP contribution in [0.2, 0.25) is 0 Å². The molecular formula is C9H13NO4. The number of ether oxygens (including phenoxy) is 1. The Morgan fingerprint density at radius 1 is 1.57 bits per heavy atom.